The van der Waals surface area contributed by atoms with Crippen molar-refractivity contribution in [3.05, 3.63) is 48.0 Å². The first-order valence-electron chi connectivity index (χ1n) is 11.0. The first kappa shape index (κ1) is 25.5. The van der Waals surface area contributed by atoms with Crippen LogP contribution in [0.3, 0.4) is 0 Å². The van der Waals surface area contributed by atoms with E-state index in [4.69, 9.17) is 14.2 Å². The fourth-order valence-corrected chi connectivity index (χ4v) is 5.52. The van der Waals surface area contributed by atoms with Crippen LogP contribution in [0.25, 0.3) is 0 Å². The van der Waals surface area contributed by atoms with Crippen molar-refractivity contribution in [3.8, 4) is 11.5 Å². The summed E-state index contributed by atoms with van der Waals surface area (Å²) in [5, 5.41) is 2.56. The Hall–Kier alpha value is -3.11. The van der Waals surface area contributed by atoms with Gasteiger partial charge in [0.05, 0.1) is 25.5 Å². The maximum absolute atomic E-state index is 13.3. The van der Waals surface area contributed by atoms with Crippen molar-refractivity contribution in [1.29, 1.82) is 0 Å². The molecule has 184 valence electrons. The minimum absolute atomic E-state index is 0.00245. The number of rotatable bonds is 9. The average Bonchev–Trinajstić information content (AvgIpc) is 2.87. The Morgan fingerprint density at radius 1 is 1.00 bits per heavy atom. The summed E-state index contributed by atoms with van der Waals surface area (Å²) in [5.41, 5.74) is 0.319. The molecule has 2 aromatic rings. The Kier molecular flexibility index (Phi) is 8.51. The SMILES string of the molecule is COc1ccc(C(=O)OCC(=O)Nc2ccccc2S(=O)(=O)N(C)C2CCCCC2)cc1OC. The molecule has 1 amide bonds. The van der Waals surface area contributed by atoms with Crippen molar-refractivity contribution in [2.75, 3.05) is 33.2 Å². The van der Waals surface area contributed by atoms with E-state index in [1.165, 1.54) is 42.8 Å². The first-order valence-corrected chi connectivity index (χ1v) is 12.5. The largest absolute Gasteiger partial charge is 0.493 e. The van der Waals surface area contributed by atoms with E-state index in [-0.39, 0.29) is 22.2 Å². The summed E-state index contributed by atoms with van der Waals surface area (Å²) in [6, 6.07) is 10.6. The van der Waals surface area contributed by atoms with Crippen LogP contribution < -0.4 is 14.8 Å². The predicted octanol–water partition coefficient (Wildman–Crippen LogP) is 3.45. The smallest absolute Gasteiger partial charge is 0.338 e. The molecule has 3 rings (SSSR count). The molecule has 1 saturated carbocycles. The van der Waals surface area contributed by atoms with E-state index in [2.05, 4.69) is 5.32 Å². The number of ether oxygens (including phenoxy) is 3. The molecular weight excluding hydrogens is 460 g/mol. The van der Waals surface area contributed by atoms with Crippen LogP contribution in [-0.4, -0.2) is 58.5 Å². The van der Waals surface area contributed by atoms with Crippen LogP contribution in [0.1, 0.15) is 42.5 Å². The van der Waals surface area contributed by atoms with Gasteiger partial charge in [0.25, 0.3) is 5.91 Å². The summed E-state index contributed by atoms with van der Waals surface area (Å²) in [4.78, 5) is 24.8. The molecule has 1 aliphatic rings. The molecule has 0 aliphatic heterocycles. The molecule has 0 bridgehead atoms. The molecule has 34 heavy (non-hydrogen) atoms. The molecule has 0 saturated heterocycles. The third-order valence-electron chi connectivity index (χ3n) is 5.86. The number of hydrogen-bond acceptors (Lipinski definition) is 7. The van der Waals surface area contributed by atoms with E-state index in [1.807, 2.05) is 0 Å². The third-order valence-corrected chi connectivity index (χ3v) is 7.83. The number of methoxy groups -OCH3 is 2. The van der Waals surface area contributed by atoms with Gasteiger partial charge in [-0.1, -0.05) is 31.4 Å². The van der Waals surface area contributed by atoms with Crippen molar-refractivity contribution in [2.45, 2.75) is 43.0 Å². The van der Waals surface area contributed by atoms with Gasteiger partial charge in [0.15, 0.2) is 18.1 Å². The fraction of sp³-hybridized carbons (Fsp3) is 0.417. The molecule has 9 nitrogen and oxygen atoms in total. The molecular formula is C24H30N2O7S. The standard InChI is InChI=1S/C24H30N2O7S/c1-26(18-9-5-4-6-10-18)34(29,30)22-12-8-7-11-19(22)25-23(27)16-33-24(28)17-13-14-20(31-2)21(15-17)32-3/h7-8,11-15,18H,4-6,9-10,16H2,1-3H3,(H,25,27). The second-order valence-electron chi connectivity index (χ2n) is 8.00. The minimum Gasteiger partial charge on any atom is -0.493 e. The van der Waals surface area contributed by atoms with Crippen LogP contribution in [-0.2, 0) is 19.6 Å². The van der Waals surface area contributed by atoms with Gasteiger partial charge in [-0.25, -0.2) is 13.2 Å². The number of carbonyl (C=O) groups is 2. The van der Waals surface area contributed by atoms with Crippen molar-refractivity contribution in [1.82, 2.24) is 4.31 Å². The van der Waals surface area contributed by atoms with Crippen molar-refractivity contribution >= 4 is 27.6 Å². The van der Waals surface area contributed by atoms with Crippen LogP contribution in [0.5, 0.6) is 11.5 Å². The molecule has 0 unspecified atom stereocenters. The number of para-hydroxylation sites is 1. The van der Waals surface area contributed by atoms with Gasteiger partial charge in [0.2, 0.25) is 10.0 Å². The third kappa shape index (κ3) is 5.87. The van der Waals surface area contributed by atoms with Crippen molar-refractivity contribution in [3.63, 3.8) is 0 Å². The van der Waals surface area contributed by atoms with Crippen LogP contribution in [0.2, 0.25) is 0 Å². The summed E-state index contributed by atoms with van der Waals surface area (Å²) in [5.74, 6) is -0.582. The van der Waals surface area contributed by atoms with Crippen molar-refractivity contribution < 1.29 is 32.2 Å². The highest BCUT2D eigenvalue weighted by Gasteiger charge is 2.31. The lowest BCUT2D eigenvalue weighted by molar-refractivity contribution is -0.119. The average molecular weight is 491 g/mol. The highest BCUT2D eigenvalue weighted by atomic mass is 32.2. The zero-order valence-electron chi connectivity index (χ0n) is 19.6. The highest BCUT2D eigenvalue weighted by Crippen LogP contribution is 2.30. The zero-order valence-corrected chi connectivity index (χ0v) is 20.4. The van der Waals surface area contributed by atoms with E-state index in [0.717, 1.165) is 32.1 Å². The molecule has 0 atom stereocenters. The van der Waals surface area contributed by atoms with Crippen LogP contribution in [0.15, 0.2) is 47.4 Å². The van der Waals surface area contributed by atoms with Gasteiger partial charge in [-0.05, 0) is 43.2 Å². The number of nitrogens with one attached hydrogen (secondary N) is 1. The molecule has 0 aromatic heterocycles. The van der Waals surface area contributed by atoms with E-state index in [0.29, 0.717) is 11.5 Å². The maximum atomic E-state index is 13.3. The summed E-state index contributed by atoms with van der Waals surface area (Å²) >= 11 is 0. The van der Waals surface area contributed by atoms with E-state index < -0.39 is 28.5 Å². The summed E-state index contributed by atoms with van der Waals surface area (Å²) in [6.45, 7) is -0.583. The molecule has 1 fully saturated rings. The number of anilines is 1. The van der Waals surface area contributed by atoms with Gasteiger partial charge in [-0.15, -0.1) is 0 Å². The number of amides is 1. The molecule has 1 aliphatic carbocycles. The molecule has 0 radical (unpaired) electrons. The molecule has 2 aromatic carbocycles. The monoisotopic (exact) mass is 490 g/mol. The minimum atomic E-state index is -3.82. The second-order valence-corrected chi connectivity index (χ2v) is 9.97. The Morgan fingerprint density at radius 3 is 2.35 bits per heavy atom. The first-order chi connectivity index (χ1) is 16.3. The molecule has 0 heterocycles. The molecule has 1 N–H and O–H groups in total. The number of carbonyl (C=O) groups excluding carboxylic acids is 2. The van der Waals surface area contributed by atoms with Crippen LogP contribution in [0, 0.1) is 0 Å². The summed E-state index contributed by atoms with van der Waals surface area (Å²) < 4.78 is 43.3. The number of benzene rings is 2. The Morgan fingerprint density at radius 2 is 1.68 bits per heavy atom. The molecule has 10 heteroatoms. The van der Waals surface area contributed by atoms with Gasteiger partial charge in [-0.3, -0.25) is 4.79 Å². The number of nitrogens with zero attached hydrogens (tertiary/aromatic N) is 1. The topological polar surface area (TPSA) is 111 Å². The van der Waals surface area contributed by atoms with Crippen LogP contribution >= 0.6 is 0 Å². The number of esters is 1. The fourth-order valence-electron chi connectivity index (χ4n) is 3.95. The highest BCUT2D eigenvalue weighted by molar-refractivity contribution is 7.89. The number of hydrogen-bond donors (Lipinski definition) is 1. The predicted molar refractivity (Wildman–Crippen MR) is 127 cm³/mol. The Balaban J connectivity index is 1.67. The van der Waals surface area contributed by atoms with Gasteiger partial charge in [0.1, 0.15) is 4.90 Å². The van der Waals surface area contributed by atoms with E-state index >= 15 is 0 Å². The van der Waals surface area contributed by atoms with Gasteiger partial charge >= 0.3 is 5.97 Å². The lowest BCUT2D eigenvalue weighted by Gasteiger charge is -2.30. The van der Waals surface area contributed by atoms with Crippen molar-refractivity contribution in [2.24, 2.45) is 0 Å². The van der Waals surface area contributed by atoms with Crippen LogP contribution in [0.4, 0.5) is 5.69 Å². The molecule has 0 spiro atoms. The van der Waals surface area contributed by atoms with Gasteiger partial charge in [0, 0.05) is 13.1 Å². The summed E-state index contributed by atoms with van der Waals surface area (Å²) in [6.07, 6.45) is 4.73. The quantitative estimate of drug-likeness (QED) is 0.536. The Bertz CT molecular complexity index is 1130. The Labute approximate surface area is 200 Å². The van der Waals surface area contributed by atoms with E-state index in [9.17, 15) is 18.0 Å². The zero-order chi connectivity index (χ0) is 24.7. The normalized spacial score (nSPS) is 14.5. The summed E-state index contributed by atoms with van der Waals surface area (Å²) in [7, 11) is 0.679. The second kappa shape index (κ2) is 11.3. The lowest BCUT2D eigenvalue weighted by atomic mass is 9.96. The van der Waals surface area contributed by atoms with E-state index in [1.54, 1.807) is 25.2 Å². The van der Waals surface area contributed by atoms with Gasteiger partial charge < -0.3 is 19.5 Å². The lowest BCUT2D eigenvalue weighted by Crippen LogP contribution is -2.38. The maximum Gasteiger partial charge on any atom is 0.338 e. The van der Waals surface area contributed by atoms with Gasteiger partial charge in [-0.2, -0.15) is 4.31 Å². The number of sulfonamides is 1.